The molecule has 2 aliphatic rings. The fourth-order valence-electron chi connectivity index (χ4n) is 7.20. The Morgan fingerprint density at radius 1 is 1.05 bits per heavy atom. The lowest BCUT2D eigenvalue weighted by Gasteiger charge is -2.38. The summed E-state index contributed by atoms with van der Waals surface area (Å²) in [5.74, 6) is -0.0289. The van der Waals surface area contributed by atoms with Crippen molar-refractivity contribution in [2.75, 3.05) is 14.2 Å². The highest BCUT2D eigenvalue weighted by Gasteiger charge is 2.37. The zero-order chi connectivity index (χ0) is 28.7. The second kappa shape index (κ2) is 11.2. The van der Waals surface area contributed by atoms with Crippen molar-refractivity contribution >= 4 is 5.52 Å². The first-order valence-electron chi connectivity index (χ1n) is 14.4. The number of halogens is 2. The first-order chi connectivity index (χ1) is 19.8. The van der Waals surface area contributed by atoms with Gasteiger partial charge in [0.1, 0.15) is 17.5 Å². The molecule has 216 valence electrons. The maximum absolute atomic E-state index is 15.5. The molecule has 9 heteroatoms. The Balaban J connectivity index is 1.32. The van der Waals surface area contributed by atoms with Crippen molar-refractivity contribution in [3.8, 4) is 11.3 Å². The van der Waals surface area contributed by atoms with Crippen LogP contribution in [0.2, 0.25) is 0 Å². The molecule has 2 aliphatic carbocycles. The fourth-order valence-corrected chi connectivity index (χ4v) is 7.20. The summed E-state index contributed by atoms with van der Waals surface area (Å²) in [6.07, 6.45) is 11.2. The van der Waals surface area contributed by atoms with E-state index in [0.29, 0.717) is 23.7 Å². The molecule has 4 atom stereocenters. The van der Waals surface area contributed by atoms with Crippen molar-refractivity contribution in [1.29, 1.82) is 0 Å². The number of hydrogen-bond donors (Lipinski definition) is 1. The molecular weight excluding hydrogens is 524 g/mol. The van der Waals surface area contributed by atoms with Crippen LogP contribution in [0, 0.1) is 17.6 Å². The van der Waals surface area contributed by atoms with Gasteiger partial charge in [-0.05, 0) is 84.5 Å². The van der Waals surface area contributed by atoms with Crippen molar-refractivity contribution in [2.45, 2.75) is 75.5 Å². The lowest BCUT2D eigenvalue weighted by atomic mass is 9.74. The van der Waals surface area contributed by atoms with Gasteiger partial charge in [0.25, 0.3) is 0 Å². The Labute approximate surface area is 239 Å². The lowest BCUT2D eigenvalue weighted by molar-refractivity contribution is -0.00914. The lowest BCUT2D eigenvalue weighted by Crippen LogP contribution is -2.45. The predicted molar refractivity (Wildman–Crippen MR) is 152 cm³/mol. The monoisotopic (exact) mass is 561 g/mol. The van der Waals surface area contributed by atoms with Gasteiger partial charge in [0.2, 0.25) is 0 Å². The number of nitrogens with zero attached hydrogens (tertiary/aromatic N) is 4. The summed E-state index contributed by atoms with van der Waals surface area (Å²) in [5, 5.41) is 4.66. The number of benzene rings is 1. The highest BCUT2D eigenvalue weighted by molar-refractivity contribution is 5.63. The van der Waals surface area contributed by atoms with Gasteiger partial charge in [0, 0.05) is 39.1 Å². The van der Waals surface area contributed by atoms with Crippen LogP contribution in [0.3, 0.4) is 0 Å². The molecule has 0 radical (unpaired) electrons. The molecule has 4 aromatic rings. The number of methoxy groups -OCH3 is 2. The molecule has 0 saturated heterocycles. The number of fused-ring (bicyclic) bond motifs is 1. The topological polar surface area (TPSA) is 87.6 Å². The zero-order valence-electron chi connectivity index (χ0n) is 23.8. The van der Waals surface area contributed by atoms with Crippen LogP contribution >= 0.6 is 0 Å². The Kier molecular flexibility index (Phi) is 7.61. The van der Waals surface area contributed by atoms with E-state index in [9.17, 15) is 0 Å². The number of hydrogen-bond acceptors (Lipinski definition) is 6. The molecule has 0 unspecified atom stereocenters. The second-order valence-corrected chi connectivity index (χ2v) is 11.7. The van der Waals surface area contributed by atoms with Crippen LogP contribution in [-0.2, 0) is 21.5 Å². The Hall–Kier alpha value is -3.27. The number of pyridine rings is 1. The summed E-state index contributed by atoms with van der Waals surface area (Å²) in [5.41, 5.74) is 9.42. The third-order valence-corrected chi connectivity index (χ3v) is 9.28. The van der Waals surface area contributed by atoms with E-state index in [-0.39, 0.29) is 29.3 Å². The highest BCUT2D eigenvalue weighted by atomic mass is 19.1. The highest BCUT2D eigenvalue weighted by Crippen LogP contribution is 2.43. The number of rotatable bonds is 7. The normalized spacial score (nSPS) is 24.2. The minimum Gasteiger partial charge on any atom is -0.380 e. The molecule has 3 aromatic heterocycles. The van der Waals surface area contributed by atoms with Gasteiger partial charge in [0.15, 0.2) is 0 Å². The molecule has 0 bridgehead atoms. The summed E-state index contributed by atoms with van der Waals surface area (Å²) >= 11 is 0. The van der Waals surface area contributed by atoms with Crippen molar-refractivity contribution in [1.82, 2.24) is 19.6 Å². The smallest absolute Gasteiger partial charge is 0.136 e. The summed E-state index contributed by atoms with van der Waals surface area (Å²) in [6, 6.07) is 8.24. The van der Waals surface area contributed by atoms with Crippen LogP contribution in [0.4, 0.5) is 8.78 Å². The minimum absolute atomic E-state index is 0.0449. The van der Waals surface area contributed by atoms with Gasteiger partial charge >= 0.3 is 0 Å². The Bertz CT molecular complexity index is 1520. The van der Waals surface area contributed by atoms with Gasteiger partial charge < -0.3 is 15.2 Å². The Morgan fingerprint density at radius 2 is 1.80 bits per heavy atom. The zero-order valence-corrected chi connectivity index (χ0v) is 23.8. The first kappa shape index (κ1) is 27.9. The van der Waals surface area contributed by atoms with Crippen LogP contribution in [0.25, 0.3) is 16.8 Å². The first-order valence-corrected chi connectivity index (χ1v) is 14.4. The molecule has 0 spiro atoms. The molecule has 0 aliphatic heterocycles. The number of imidazole rings is 1. The largest absolute Gasteiger partial charge is 0.380 e. The number of nitrogens with two attached hydrogens (primary N) is 1. The molecule has 41 heavy (non-hydrogen) atoms. The predicted octanol–water partition coefficient (Wildman–Crippen LogP) is 5.93. The average Bonchev–Trinajstić information content (AvgIpc) is 3.61. The van der Waals surface area contributed by atoms with Crippen LogP contribution in [0.1, 0.15) is 73.9 Å². The molecule has 2 saturated carbocycles. The van der Waals surface area contributed by atoms with E-state index in [2.05, 4.69) is 28.1 Å². The van der Waals surface area contributed by atoms with Crippen molar-refractivity contribution in [3.63, 3.8) is 0 Å². The molecule has 7 nitrogen and oxygen atoms in total. The van der Waals surface area contributed by atoms with Gasteiger partial charge in [-0.15, -0.1) is 0 Å². The fraction of sp³-hybridized carbons (Fsp3) is 0.469. The van der Waals surface area contributed by atoms with E-state index >= 15 is 8.78 Å². The van der Waals surface area contributed by atoms with E-state index in [4.69, 9.17) is 15.2 Å². The molecule has 6 rings (SSSR count). The van der Waals surface area contributed by atoms with Gasteiger partial charge in [-0.25, -0.2) is 18.3 Å². The van der Waals surface area contributed by atoms with Gasteiger partial charge in [-0.1, -0.05) is 19.8 Å². The quantitative estimate of drug-likeness (QED) is 0.301. The van der Waals surface area contributed by atoms with Gasteiger partial charge in [0.05, 0.1) is 34.7 Å². The van der Waals surface area contributed by atoms with Gasteiger partial charge in [-0.3, -0.25) is 4.98 Å². The SMILES string of the molecule is CO[C@H]1[C@H](N)C[C@H](c2ccncc2Cc2ncc3ccc(-c4c(F)cc(C5(OC)CCCC5)cc4F)nn23)C[C@@H]1C. The van der Waals surface area contributed by atoms with Gasteiger partial charge in [-0.2, -0.15) is 5.10 Å². The Morgan fingerprint density at radius 3 is 2.49 bits per heavy atom. The average molecular weight is 562 g/mol. The summed E-state index contributed by atoms with van der Waals surface area (Å²) < 4.78 is 44.1. The minimum atomic E-state index is -0.650. The maximum atomic E-state index is 15.5. The second-order valence-electron chi connectivity index (χ2n) is 11.7. The summed E-state index contributed by atoms with van der Waals surface area (Å²) in [7, 11) is 3.33. The summed E-state index contributed by atoms with van der Waals surface area (Å²) in [4.78, 5) is 9.01. The number of aromatic nitrogens is 4. The van der Waals surface area contributed by atoms with Crippen molar-refractivity contribution in [3.05, 3.63) is 83.1 Å². The van der Waals surface area contributed by atoms with Crippen LogP contribution < -0.4 is 5.73 Å². The molecule has 1 aromatic carbocycles. The summed E-state index contributed by atoms with van der Waals surface area (Å²) in [6.45, 7) is 2.18. The molecule has 3 heterocycles. The van der Waals surface area contributed by atoms with Crippen molar-refractivity contribution in [2.24, 2.45) is 11.7 Å². The van der Waals surface area contributed by atoms with E-state index < -0.39 is 17.2 Å². The third-order valence-electron chi connectivity index (χ3n) is 9.28. The molecule has 0 amide bonds. The van der Waals surface area contributed by atoms with E-state index in [1.54, 1.807) is 37.1 Å². The van der Waals surface area contributed by atoms with E-state index in [1.807, 2.05) is 12.4 Å². The maximum Gasteiger partial charge on any atom is 0.136 e. The standard InChI is InChI=1S/C32H37F2N5O2/c1-19-12-20(13-27(35)31(19)40-2)24-8-11-36-17-21(24)14-29-37-18-23-6-7-28(38-39(23)29)30-25(33)15-22(16-26(30)34)32(41-3)9-4-5-10-32/h6-8,11,15-20,27,31H,4-5,9-10,12-14,35H2,1-3H3/t19-,20+,27+,31+/m0/s1. The van der Waals surface area contributed by atoms with Crippen molar-refractivity contribution < 1.29 is 18.3 Å². The molecule has 2 fully saturated rings. The third kappa shape index (κ3) is 5.04. The number of ether oxygens (including phenoxy) is 2. The van der Waals surface area contributed by atoms with E-state index in [1.165, 1.54) is 17.7 Å². The molecular formula is C32H37F2N5O2. The molecule has 2 N–H and O–H groups in total. The van der Waals surface area contributed by atoms with Crippen LogP contribution in [0.15, 0.2) is 48.9 Å². The van der Waals surface area contributed by atoms with Crippen LogP contribution in [0.5, 0.6) is 0 Å². The van der Waals surface area contributed by atoms with Crippen LogP contribution in [-0.4, -0.2) is 45.9 Å². The van der Waals surface area contributed by atoms with E-state index in [0.717, 1.165) is 49.6 Å².